The molecule has 41 heavy (non-hydrogen) atoms. The summed E-state index contributed by atoms with van der Waals surface area (Å²) in [6, 6.07) is 11.6. The van der Waals surface area contributed by atoms with Crippen molar-refractivity contribution >= 4 is 46.1 Å². The van der Waals surface area contributed by atoms with Crippen LogP contribution in [-0.4, -0.2) is 47.9 Å². The molecule has 0 bridgehead atoms. The highest BCUT2D eigenvalue weighted by Crippen LogP contribution is 2.38. The van der Waals surface area contributed by atoms with Gasteiger partial charge in [0, 0.05) is 21.5 Å². The fourth-order valence-electron chi connectivity index (χ4n) is 5.95. The van der Waals surface area contributed by atoms with Gasteiger partial charge in [-0.25, -0.2) is 0 Å². The maximum absolute atomic E-state index is 13.6. The zero-order valence-corrected chi connectivity index (χ0v) is 25.5. The third kappa shape index (κ3) is 5.25. The topological polar surface area (TPSA) is 91.0 Å². The summed E-state index contributed by atoms with van der Waals surface area (Å²) in [5.74, 6) is 1.80. The van der Waals surface area contributed by atoms with Crippen LogP contribution >= 0.6 is 22.6 Å². The number of benzene rings is 2. The Bertz CT molecular complexity index is 1560. The number of hydrogen-bond acceptors (Lipinski definition) is 6. The van der Waals surface area contributed by atoms with E-state index in [1.165, 1.54) is 0 Å². The number of carbonyl (C=O) groups excluding carboxylic acids is 1. The Hall–Kier alpha value is -3.67. The molecule has 0 spiro atoms. The maximum atomic E-state index is 13.6. The van der Waals surface area contributed by atoms with E-state index in [0.717, 1.165) is 50.2 Å². The van der Waals surface area contributed by atoms with E-state index >= 15 is 0 Å². The van der Waals surface area contributed by atoms with E-state index in [-0.39, 0.29) is 31.2 Å². The molecule has 3 aromatic rings. The van der Waals surface area contributed by atoms with Gasteiger partial charge < -0.3 is 29.3 Å². The number of hydrogen-bond donors (Lipinski definition) is 1. The molecule has 0 saturated heterocycles. The Labute approximate surface area is 253 Å². The Morgan fingerprint density at radius 1 is 1.17 bits per heavy atom. The van der Waals surface area contributed by atoms with Crippen molar-refractivity contribution in [3.8, 4) is 17.2 Å². The second-order valence-corrected chi connectivity index (χ2v) is 11.9. The average molecular weight is 669 g/mol. The number of nitrogens with one attached hydrogen (secondary N) is 1. The minimum Gasteiger partial charge on any atom is -0.618 e. The molecular weight excluding hydrogens is 635 g/mol. The van der Waals surface area contributed by atoms with Crippen molar-refractivity contribution in [3.63, 3.8) is 0 Å². The van der Waals surface area contributed by atoms with Crippen LogP contribution in [0.1, 0.15) is 47.8 Å². The van der Waals surface area contributed by atoms with Gasteiger partial charge in [-0.3, -0.25) is 9.69 Å². The monoisotopic (exact) mass is 668 g/mol. The molecule has 214 valence electrons. The summed E-state index contributed by atoms with van der Waals surface area (Å²) in [4.78, 5) is 15.4. The number of carbonyl (C=O) groups is 1. The number of nitrogens with zero attached hydrogens (tertiary/aromatic N) is 3. The zero-order chi connectivity index (χ0) is 28.7. The van der Waals surface area contributed by atoms with Crippen molar-refractivity contribution in [2.45, 2.75) is 45.8 Å². The molecule has 3 heterocycles. The molecule has 2 aliphatic heterocycles. The molecule has 3 aliphatic rings. The van der Waals surface area contributed by atoms with E-state index in [9.17, 15) is 10.0 Å². The van der Waals surface area contributed by atoms with Crippen LogP contribution in [0.15, 0.2) is 54.4 Å². The van der Waals surface area contributed by atoms with E-state index in [0.29, 0.717) is 35.1 Å². The van der Waals surface area contributed by atoms with Gasteiger partial charge in [0.2, 0.25) is 6.21 Å². The number of amides is 1. The third-order valence-electron chi connectivity index (χ3n) is 7.90. The van der Waals surface area contributed by atoms with Gasteiger partial charge in [0.15, 0.2) is 22.9 Å². The van der Waals surface area contributed by atoms with E-state index in [2.05, 4.69) is 40.1 Å². The summed E-state index contributed by atoms with van der Waals surface area (Å²) >= 11 is 2.28. The minimum atomic E-state index is -0.187. The summed E-state index contributed by atoms with van der Waals surface area (Å²) in [6.45, 7) is 5.24. The lowest BCUT2D eigenvalue weighted by atomic mass is 9.92. The van der Waals surface area contributed by atoms with Crippen LogP contribution in [0, 0.1) is 21.6 Å². The predicted octanol–water partition coefficient (Wildman–Crippen LogP) is 5.91. The molecule has 1 aliphatic carbocycles. The van der Waals surface area contributed by atoms with E-state index < -0.39 is 0 Å². The second kappa shape index (κ2) is 11.3. The molecule has 0 radical (unpaired) electrons. The van der Waals surface area contributed by atoms with Gasteiger partial charge in [0.05, 0.1) is 24.8 Å². The number of halogens is 1. The molecule has 1 aromatic heterocycles. The fourth-order valence-corrected chi connectivity index (χ4v) is 6.60. The van der Waals surface area contributed by atoms with Crippen molar-refractivity contribution in [2.24, 2.45) is 5.92 Å². The average Bonchev–Trinajstić information content (AvgIpc) is 3.20. The highest BCUT2D eigenvalue weighted by molar-refractivity contribution is 14.1. The van der Waals surface area contributed by atoms with Crippen LogP contribution in [0.4, 0.5) is 11.4 Å². The standard InChI is InChI=1S/C31H33IN4O5/c1-19-14-22(32)8-11-26(19)36-20(2)33-25-10-9-23(15-24(25)31(36)37)40-12-13-41-29-18-34-16-21-6-4-5-7-27(21)35(38)17-28(34)30(29)39-3/h7-11,14-15,17-18,20-21,33H,4-6,12-13,16H2,1-3H3/t20?,21-/m0/s1. The molecule has 2 atom stereocenters. The van der Waals surface area contributed by atoms with Gasteiger partial charge in [0.1, 0.15) is 25.1 Å². The first-order valence-electron chi connectivity index (χ1n) is 13.9. The molecule has 10 heteroatoms. The number of methoxy groups -OCH3 is 1. The Kier molecular flexibility index (Phi) is 7.58. The molecule has 1 amide bonds. The van der Waals surface area contributed by atoms with Crippen LogP contribution in [-0.2, 0) is 6.54 Å². The van der Waals surface area contributed by atoms with Gasteiger partial charge in [-0.05, 0) is 104 Å². The van der Waals surface area contributed by atoms with Crippen molar-refractivity contribution in [1.29, 1.82) is 0 Å². The van der Waals surface area contributed by atoms with E-state index in [4.69, 9.17) is 14.2 Å². The van der Waals surface area contributed by atoms with Crippen LogP contribution in [0.5, 0.6) is 17.2 Å². The quantitative estimate of drug-likeness (QED) is 0.146. The molecule has 2 aromatic carbocycles. The zero-order valence-electron chi connectivity index (χ0n) is 23.4. The van der Waals surface area contributed by atoms with Crippen LogP contribution in [0.2, 0.25) is 0 Å². The third-order valence-corrected chi connectivity index (χ3v) is 8.57. The molecule has 1 N–H and O–H groups in total. The van der Waals surface area contributed by atoms with Crippen molar-refractivity contribution in [2.75, 3.05) is 30.5 Å². The highest BCUT2D eigenvalue weighted by Gasteiger charge is 2.33. The number of fused-ring (bicyclic) bond motifs is 3. The molecule has 1 unspecified atom stereocenters. The number of aryl methyl sites for hydroxylation is 1. The first-order chi connectivity index (χ1) is 19.8. The van der Waals surface area contributed by atoms with Crippen LogP contribution in [0.3, 0.4) is 0 Å². The number of aromatic nitrogens is 1. The predicted molar refractivity (Wildman–Crippen MR) is 166 cm³/mol. The van der Waals surface area contributed by atoms with Gasteiger partial charge >= 0.3 is 0 Å². The molecule has 0 fully saturated rings. The summed E-state index contributed by atoms with van der Waals surface area (Å²) in [5.41, 5.74) is 4.81. The lowest BCUT2D eigenvalue weighted by molar-refractivity contribution is -0.406. The highest BCUT2D eigenvalue weighted by atomic mass is 127. The van der Waals surface area contributed by atoms with Crippen molar-refractivity contribution < 1.29 is 23.7 Å². The minimum absolute atomic E-state index is 0.0723. The first-order valence-corrected chi connectivity index (χ1v) is 15.0. The Morgan fingerprint density at radius 3 is 2.80 bits per heavy atom. The van der Waals surface area contributed by atoms with Gasteiger partial charge in [0.25, 0.3) is 5.91 Å². The number of hydroxylamine groups is 1. The Balaban J connectivity index is 1.14. The first kappa shape index (κ1) is 27.5. The van der Waals surface area contributed by atoms with Gasteiger partial charge in [-0.15, -0.1) is 0 Å². The van der Waals surface area contributed by atoms with Gasteiger partial charge in [-0.2, -0.15) is 4.74 Å². The largest absolute Gasteiger partial charge is 0.618 e. The molecular formula is C31H33IN4O5. The Morgan fingerprint density at radius 2 is 2.00 bits per heavy atom. The summed E-state index contributed by atoms with van der Waals surface area (Å²) in [5, 5.41) is 16.2. The lowest BCUT2D eigenvalue weighted by Crippen LogP contribution is -2.47. The summed E-state index contributed by atoms with van der Waals surface area (Å²) in [7, 11) is 1.58. The summed E-state index contributed by atoms with van der Waals surface area (Å²) in [6.07, 6.45) is 8.37. The van der Waals surface area contributed by atoms with E-state index in [1.807, 2.05) is 48.9 Å². The smallest absolute Gasteiger partial charge is 0.262 e. The van der Waals surface area contributed by atoms with Crippen LogP contribution in [0.25, 0.3) is 0 Å². The van der Waals surface area contributed by atoms with Gasteiger partial charge in [-0.1, -0.05) is 0 Å². The SMILES string of the molecule is COc1c(OCCOc2ccc3c(c2)C(=O)N(c2ccc(I)cc2C)C(C)N3)cn2c1C=[N+]([O-])C1=CCCC[C@H]1C2. The maximum Gasteiger partial charge on any atom is 0.262 e. The number of rotatable bonds is 7. The fraction of sp³-hybridized carbons (Fsp3) is 0.355. The second-order valence-electron chi connectivity index (χ2n) is 10.6. The number of allylic oxidation sites excluding steroid dienone is 2. The molecule has 0 saturated carbocycles. The number of anilines is 2. The van der Waals surface area contributed by atoms with Crippen molar-refractivity contribution in [3.05, 3.63) is 80.0 Å². The van der Waals surface area contributed by atoms with E-state index in [1.54, 1.807) is 24.3 Å². The molecule has 6 rings (SSSR count). The number of ether oxygens (including phenoxy) is 3. The molecule has 9 nitrogen and oxygen atoms in total. The lowest BCUT2D eigenvalue weighted by Gasteiger charge is -2.36. The van der Waals surface area contributed by atoms with Crippen molar-refractivity contribution in [1.82, 2.24) is 4.57 Å². The summed E-state index contributed by atoms with van der Waals surface area (Å²) < 4.78 is 21.8. The van der Waals surface area contributed by atoms with Crippen LogP contribution < -0.4 is 24.4 Å². The normalized spacial score (nSPS) is 19.6.